The molecule has 0 saturated carbocycles. The summed E-state index contributed by atoms with van der Waals surface area (Å²) < 4.78 is 18.0. The lowest BCUT2D eigenvalue weighted by molar-refractivity contribution is 0.0540. The smallest absolute Gasteiger partial charge is 0.410 e. The number of aromatic amines is 2. The second-order valence-electron chi connectivity index (χ2n) is 15.6. The van der Waals surface area contributed by atoms with Crippen molar-refractivity contribution in [3.63, 3.8) is 0 Å². The fourth-order valence-corrected chi connectivity index (χ4v) is 8.57. The van der Waals surface area contributed by atoms with Gasteiger partial charge >= 0.3 is 12.2 Å². The molecule has 0 spiro atoms. The van der Waals surface area contributed by atoms with Gasteiger partial charge in [0, 0.05) is 32.5 Å². The summed E-state index contributed by atoms with van der Waals surface area (Å²) >= 11 is 0. The zero-order valence-corrected chi connectivity index (χ0v) is 33.2. The maximum atomic E-state index is 13.4. The maximum Gasteiger partial charge on any atom is 0.410 e. The first kappa shape index (κ1) is 39.1. The quantitative estimate of drug-likeness (QED) is 0.0938. The van der Waals surface area contributed by atoms with Crippen molar-refractivity contribution in [2.24, 2.45) is 0 Å². The van der Waals surface area contributed by atoms with Gasteiger partial charge in [0.15, 0.2) is 0 Å². The number of hydrogen-bond acceptors (Lipinski definition) is 7. The Morgan fingerprint density at radius 2 is 1.45 bits per heavy atom. The van der Waals surface area contributed by atoms with Crippen LogP contribution >= 0.6 is 0 Å². The van der Waals surface area contributed by atoms with Gasteiger partial charge in [-0.15, -0.1) is 0 Å². The number of imidazole rings is 2. The second-order valence-corrected chi connectivity index (χ2v) is 15.6. The number of nitrogens with one attached hydrogen (secondary N) is 2. The highest BCUT2D eigenvalue weighted by atomic mass is 16.6. The Hall–Kier alpha value is -5.72. The topological polar surface area (TPSA) is 146 Å². The number of nitrogens with zero attached hydrogens (tertiary/aromatic N) is 4. The van der Waals surface area contributed by atoms with E-state index in [2.05, 4.69) is 48.1 Å². The number of amides is 2. The third kappa shape index (κ3) is 8.44. The molecule has 12 heteroatoms. The molecule has 2 saturated heterocycles. The number of likely N-dealkylation sites (tertiary alicyclic amines) is 2. The zero-order valence-electron chi connectivity index (χ0n) is 33.2. The number of benzene rings is 4. The molecule has 4 aromatic carbocycles. The van der Waals surface area contributed by atoms with Crippen LogP contribution in [0.5, 0.6) is 0 Å². The number of fused-ring (bicyclic) bond motifs is 2. The third-order valence-corrected chi connectivity index (χ3v) is 11.4. The molecule has 4 atom stereocenters. The molecule has 12 nitrogen and oxygen atoms in total. The molecule has 0 aliphatic carbocycles. The van der Waals surface area contributed by atoms with E-state index in [1.807, 2.05) is 72.8 Å². The lowest BCUT2D eigenvalue weighted by Crippen LogP contribution is -2.46. The largest absolute Gasteiger partial charge is 0.465 e. The molecule has 2 amide bonds. The molecular weight excluding hydrogens is 733 g/mol. The average molecular weight is 785 g/mol. The summed E-state index contributed by atoms with van der Waals surface area (Å²) in [5, 5.41) is 10.5. The van der Waals surface area contributed by atoms with Crippen LogP contribution in [0.2, 0.25) is 0 Å². The van der Waals surface area contributed by atoms with Gasteiger partial charge in [0.2, 0.25) is 0 Å². The van der Waals surface area contributed by atoms with Crippen LogP contribution < -0.4 is 0 Å². The first-order valence-corrected chi connectivity index (χ1v) is 20.5. The number of hydrogen-bond donors (Lipinski definition) is 3. The Kier molecular flexibility index (Phi) is 11.7. The van der Waals surface area contributed by atoms with Crippen LogP contribution in [-0.4, -0.2) is 85.5 Å². The monoisotopic (exact) mass is 784 g/mol. The molecule has 2 aliphatic heterocycles. The lowest BCUT2D eigenvalue weighted by Gasteiger charge is -2.35. The Labute approximate surface area is 338 Å². The van der Waals surface area contributed by atoms with E-state index in [0.29, 0.717) is 51.4 Å². The summed E-state index contributed by atoms with van der Waals surface area (Å²) in [7, 11) is 0. The molecule has 2 aromatic heterocycles. The standard InChI is InChI=1S/C46H52N6O6/c1-3-21-56-35-25-41(51(28-35)45(55)58-30-34-13-9-6-10-14-34)42-47-37-19-17-31(23-39(37)48-42)15-16-32-18-20-38-40(24-32)50-43(49-38)46(26-33-11-7-5-8-12-33)27-36(57-22-4-2)29-52(46)44(53)54/h5-14,17-20,23-24,35-36,41H,3-4,15-16,21-22,25-30H2,1-2H3,(H,47,48)(H,49,50)(H,53,54)/t35-,36-,41+,46+/m1/s1. The Morgan fingerprint density at radius 1 is 0.759 bits per heavy atom. The van der Waals surface area contributed by atoms with E-state index in [0.717, 1.165) is 75.8 Å². The van der Waals surface area contributed by atoms with Crippen molar-refractivity contribution in [1.29, 1.82) is 0 Å². The predicted octanol–water partition coefficient (Wildman–Crippen LogP) is 8.72. The normalized spacial score (nSPS) is 20.7. The van der Waals surface area contributed by atoms with Crippen LogP contribution in [0.25, 0.3) is 22.1 Å². The van der Waals surface area contributed by atoms with Crippen LogP contribution in [-0.2, 0) is 45.6 Å². The van der Waals surface area contributed by atoms with E-state index < -0.39 is 11.6 Å². The van der Waals surface area contributed by atoms with Crippen molar-refractivity contribution in [3.8, 4) is 0 Å². The second kappa shape index (κ2) is 17.4. The van der Waals surface area contributed by atoms with E-state index in [4.69, 9.17) is 24.2 Å². The van der Waals surface area contributed by atoms with Gasteiger partial charge in [-0.2, -0.15) is 0 Å². The maximum absolute atomic E-state index is 13.4. The minimum atomic E-state index is -0.979. The van der Waals surface area contributed by atoms with Crippen LogP contribution in [0.3, 0.4) is 0 Å². The first-order valence-electron chi connectivity index (χ1n) is 20.5. The third-order valence-electron chi connectivity index (χ3n) is 11.4. The molecule has 58 heavy (non-hydrogen) atoms. The van der Waals surface area contributed by atoms with Crippen molar-refractivity contribution in [3.05, 3.63) is 131 Å². The highest BCUT2D eigenvalue weighted by Gasteiger charge is 2.52. The summed E-state index contributed by atoms with van der Waals surface area (Å²) in [6.07, 6.45) is 3.32. The van der Waals surface area contributed by atoms with Crippen LogP contribution in [0.4, 0.5) is 9.59 Å². The van der Waals surface area contributed by atoms with Gasteiger partial charge < -0.3 is 29.3 Å². The van der Waals surface area contributed by atoms with E-state index in [1.54, 1.807) is 4.90 Å². The first-order chi connectivity index (χ1) is 28.3. The Bertz CT molecular complexity index is 2330. The molecule has 8 rings (SSSR count). The minimum absolute atomic E-state index is 0.0960. The van der Waals surface area contributed by atoms with Crippen LogP contribution in [0.15, 0.2) is 97.1 Å². The van der Waals surface area contributed by atoms with E-state index >= 15 is 0 Å². The number of carboxylic acid groups (broad SMARTS) is 1. The Morgan fingerprint density at radius 3 is 2.17 bits per heavy atom. The molecule has 302 valence electrons. The highest BCUT2D eigenvalue weighted by Crippen LogP contribution is 2.43. The number of carbonyl (C=O) groups is 2. The van der Waals surface area contributed by atoms with Crippen molar-refractivity contribution >= 4 is 34.3 Å². The van der Waals surface area contributed by atoms with Crippen molar-refractivity contribution in [2.75, 3.05) is 26.3 Å². The number of aromatic nitrogens is 4. The van der Waals surface area contributed by atoms with Gasteiger partial charge in [0.05, 0.1) is 53.4 Å². The highest BCUT2D eigenvalue weighted by molar-refractivity contribution is 5.78. The van der Waals surface area contributed by atoms with Crippen molar-refractivity contribution < 1.29 is 28.9 Å². The van der Waals surface area contributed by atoms with Gasteiger partial charge in [-0.3, -0.25) is 9.80 Å². The molecule has 0 bridgehead atoms. The van der Waals surface area contributed by atoms with Gasteiger partial charge in [-0.05, 0) is 72.2 Å². The molecule has 3 N–H and O–H groups in total. The SMILES string of the molecule is CCCO[C@@H]1C[C@@H](c2nc3ccc(CCc4ccc5[nH]c([C@]6(Cc7ccccc7)C[C@@H](OCCC)CN6C(=O)O)nc5c4)cc3[nH]2)N(C(=O)OCc2ccccc2)C1. The number of carbonyl (C=O) groups excluding carboxylic acids is 1. The summed E-state index contributed by atoms with van der Waals surface area (Å²) in [6, 6.07) is 32.0. The zero-order chi connectivity index (χ0) is 40.1. The van der Waals surface area contributed by atoms with E-state index in [1.165, 1.54) is 4.90 Å². The molecule has 6 aromatic rings. The van der Waals surface area contributed by atoms with E-state index in [9.17, 15) is 14.7 Å². The Balaban J connectivity index is 0.989. The summed E-state index contributed by atoms with van der Waals surface area (Å²) in [5.41, 5.74) is 6.80. The lowest BCUT2D eigenvalue weighted by atomic mass is 9.86. The number of H-pyrrole nitrogens is 2. The minimum Gasteiger partial charge on any atom is -0.465 e. The summed E-state index contributed by atoms with van der Waals surface area (Å²) in [4.78, 5) is 46.6. The molecule has 0 radical (unpaired) electrons. The van der Waals surface area contributed by atoms with Crippen molar-refractivity contribution in [2.45, 2.75) is 89.2 Å². The molecule has 2 fully saturated rings. The fourth-order valence-electron chi connectivity index (χ4n) is 8.57. The fraction of sp³-hybridized carbons (Fsp3) is 0.391. The predicted molar refractivity (Wildman–Crippen MR) is 222 cm³/mol. The van der Waals surface area contributed by atoms with Crippen LogP contribution in [0.1, 0.15) is 79.5 Å². The van der Waals surface area contributed by atoms with Gasteiger partial charge in [-0.25, -0.2) is 19.6 Å². The average Bonchev–Trinajstić information content (AvgIpc) is 4.05. The molecular formula is C46H52N6O6. The molecule has 0 unspecified atom stereocenters. The molecule has 4 heterocycles. The number of ether oxygens (including phenoxy) is 3. The van der Waals surface area contributed by atoms with Gasteiger partial charge in [-0.1, -0.05) is 86.6 Å². The van der Waals surface area contributed by atoms with Crippen LogP contribution in [0, 0.1) is 0 Å². The summed E-state index contributed by atoms with van der Waals surface area (Å²) in [5.74, 6) is 1.37. The van der Waals surface area contributed by atoms with Gasteiger partial charge in [0.1, 0.15) is 23.8 Å². The number of aryl methyl sites for hydroxylation is 2. The van der Waals surface area contributed by atoms with Gasteiger partial charge in [0.25, 0.3) is 0 Å². The molecule has 2 aliphatic rings. The summed E-state index contributed by atoms with van der Waals surface area (Å²) in [6.45, 7) is 6.29. The number of rotatable bonds is 15. The van der Waals surface area contributed by atoms with E-state index in [-0.39, 0.29) is 30.9 Å². The van der Waals surface area contributed by atoms with Crippen molar-refractivity contribution in [1.82, 2.24) is 29.7 Å².